The first kappa shape index (κ1) is 36.5. The summed E-state index contributed by atoms with van der Waals surface area (Å²) in [4.78, 5) is 0. The van der Waals surface area contributed by atoms with Crippen LogP contribution in [0.2, 0.25) is 0 Å². The van der Waals surface area contributed by atoms with Crippen LogP contribution in [0.1, 0.15) is 116 Å². The third-order valence-electron chi connectivity index (χ3n) is 9.51. The zero-order chi connectivity index (χ0) is 31.2. The molecule has 3 heteroatoms. The van der Waals surface area contributed by atoms with E-state index in [9.17, 15) is 0 Å². The molecule has 6 rings (SSSR count). The van der Waals surface area contributed by atoms with Crippen molar-refractivity contribution >= 4 is 8.78 Å². The van der Waals surface area contributed by atoms with Gasteiger partial charge in [0.2, 0.25) is 0 Å². The van der Waals surface area contributed by atoms with Gasteiger partial charge in [0.15, 0.2) is 0 Å². The predicted octanol–water partition coefficient (Wildman–Crippen LogP) is 5.18. The molecule has 1 atom stereocenters. The normalized spacial score (nSPS) is 14.9. The fourth-order valence-electron chi connectivity index (χ4n) is 7.53. The Balaban J connectivity index is 0.00000240. The van der Waals surface area contributed by atoms with Crippen molar-refractivity contribution in [1.29, 1.82) is 0 Å². The largest absolute Gasteiger partial charge is 1.00 e. The third-order valence-corrected chi connectivity index (χ3v) is 13.8. The minimum absolute atomic E-state index is 0. The monoisotopic (exact) mass is 723 g/mol. The molecule has 4 aromatic rings. The number of fused-ring (bicyclic) bond motifs is 3. The average Bonchev–Trinajstić information content (AvgIpc) is 3.65. The van der Waals surface area contributed by atoms with Gasteiger partial charge in [-0.25, -0.2) is 0 Å². The van der Waals surface area contributed by atoms with Crippen molar-refractivity contribution in [2.45, 2.75) is 89.1 Å². The molecule has 2 aliphatic carbocycles. The molecular formula is C43H47Cl2Zr. The summed E-state index contributed by atoms with van der Waals surface area (Å²) in [5.74, 6) is 0. The molecule has 46 heavy (non-hydrogen) atoms. The van der Waals surface area contributed by atoms with E-state index < -0.39 is 22.8 Å². The molecule has 0 heterocycles. The Morgan fingerprint density at radius 1 is 0.717 bits per heavy atom. The summed E-state index contributed by atoms with van der Waals surface area (Å²) < 4.78 is 2.04. The summed E-state index contributed by atoms with van der Waals surface area (Å²) in [6.07, 6.45) is 10.2. The third kappa shape index (κ3) is 6.68. The van der Waals surface area contributed by atoms with Crippen LogP contribution in [-0.4, -0.2) is 3.21 Å². The number of benzene rings is 4. The van der Waals surface area contributed by atoms with Crippen molar-refractivity contribution in [2.75, 3.05) is 0 Å². The average molecular weight is 726 g/mol. The van der Waals surface area contributed by atoms with Crippen LogP contribution >= 0.6 is 0 Å². The fraction of sp³-hybridized carbons (Fsp3) is 0.326. The van der Waals surface area contributed by atoms with E-state index in [2.05, 4.69) is 152 Å². The second-order valence-corrected chi connectivity index (χ2v) is 17.9. The van der Waals surface area contributed by atoms with Gasteiger partial charge < -0.3 is 24.8 Å². The summed E-state index contributed by atoms with van der Waals surface area (Å²) in [5.41, 5.74) is 18.6. The van der Waals surface area contributed by atoms with Crippen LogP contribution in [0, 0.1) is 0 Å². The molecule has 0 spiro atoms. The number of rotatable bonds is 6. The van der Waals surface area contributed by atoms with Gasteiger partial charge in [0, 0.05) is 0 Å². The maximum absolute atomic E-state index is 2.61. The van der Waals surface area contributed by atoms with Gasteiger partial charge >= 0.3 is 279 Å². The minimum atomic E-state index is -1.26. The zero-order valence-electron chi connectivity index (χ0n) is 28.7. The van der Waals surface area contributed by atoms with E-state index in [0.717, 1.165) is 19.3 Å². The molecule has 0 fully saturated rings. The molecule has 1 unspecified atom stereocenters. The molecule has 2 aliphatic rings. The Morgan fingerprint density at radius 2 is 1.30 bits per heavy atom. The van der Waals surface area contributed by atoms with E-state index >= 15 is 0 Å². The zero-order valence-corrected chi connectivity index (χ0v) is 32.7. The van der Waals surface area contributed by atoms with Gasteiger partial charge in [-0.3, -0.25) is 0 Å². The second-order valence-electron chi connectivity index (χ2n) is 14.5. The van der Waals surface area contributed by atoms with Crippen LogP contribution in [0.25, 0.3) is 16.7 Å². The SMILES string of the molecule is CCc1c(CC)c(C(C)(C)C)c(C2=CC=CC2)c2c1-c1ccc(C(C)(C)C)cc1[CH]2[Zr+2]=[C](c1ccccc1)c1ccccc1.[Cl-].[Cl-]. The van der Waals surface area contributed by atoms with Gasteiger partial charge in [-0.15, -0.1) is 0 Å². The number of hydrogen-bond acceptors (Lipinski definition) is 0. The maximum Gasteiger partial charge on any atom is -1.00 e. The van der Waals surface area contributed by atoms with E-state index in [1.54, 1.807) is 42.2 Å². The molecule has 0 aromatic heterocycles. The van der Waals surface area contributed by atoms with Gasteiger partial charge in [-0.05, 0) is 0 Å². The Bertz CT molecular complexity index is 1750. The van der Waals surface area contributed by atoms with E-state index in [-0.39, 0.29) is 35.6 Å². The smallest absolute Gasteiger partial charge is 1.00 e. The van der Waals surface area contributed by atoms with E-state index in [0.29, 0.717) is 3.63 Å². The van der Waals surface area contributed by atoms with Gasteiger partial charge in [-0.1, -0.05) is 0 Å². The maximum atomic E-state index is 2.61. The van der Waals surface area contributed by atoms with Crippen LogP contribution in [0.5, 0.6) is 0 Å². The number of allylic oxidation sites excluding steroid dienone is 4. The first-order valence-electron chi connectivity index (χ1n) is 16.5. The molecule has 0 N–H and O–H groups in total. The van der Waals surface area contributed by atoms with Crippen molar-refractivity contribution in [2.24, 2.45) is 0 Å². The van der Waals surface area contributed by atoms with Gasteiger partial charge in [0.1, 0.15) is 0 Å². The van der Waals surface area contributed by atoms with Crippen LogP contribution < -0.4 is 24.8 Å². The van der Waals surface area contributed by atoms with Crippen LogP contribution in [0.15, 0.2) is 97.1 Å². The summed E-state index contributed by atoms with van der Waals surface area (Å²) in [7, 11) is 0. The van der Waals surface area contributed by atoms with Crippen LogP contribution in [0.4, 0.5) is 0 Å². The van der Waals surface area contributed by atoms with Gasteiger partial charge in [0.05, 0.1) is 0 Å². The summed E-state index contributed by atoms with van der Waals surface area (Å²) >= 11 is -1.26. The van der Waals surface area contributed by atoms with Gasteiger partial charge in [0.25, 0.3) is 0 Å². The Hall–Kier alpha value is -2.31. The van der Waals surface area contributed by atoms with Crippen molar-refractivity contribution in [3.8, 4) is 11.1 Å². The van der Waals surface area contributed by atoms with E-state index in [1.807, 2.05) is 0 Å². The van der Waals surface area contributed by atoms with Gasteiger partial charge in [-0.2, -0.15) is 0 Å². The summed E-state index contributed by atoms with van der Waals surface area (Å²) in [5, 5.41) is 0. The number of hydrogen-bond donors (Lipinski definition) is 0. The molecule has 4 aromatic carbocycles. The Morgan fingerprint density at radius 3 is 1.78 bits per heavy atom. The molecule has 0 nitrogen and oxygen atoms in total. The molecule has 237 valence electrons. The molecule has 0 aliphatic heterocycles. The molecule has 0 saturated carbocycles. The van der Waals surface area contributed by atoms with Crippen molar-refractivity contribution in [1.82, 2.24) is 0 Å². The minimum Gasteiger partial charge on any atom is -1.00 e. The molecule has 0 amide bonds. The number of halogens is 2. The molecule has 0 saturated heterocycles. The van der Waals surface area contributed by atoms with Crippen molar-refractivity contribution in [3.05, 3.63) is 147 Å². The first-order valence-corrected chi connectivity index (χ1v) is 19.2. The quantitative estimate of drug-likeness (QED) is 0.257. The van der Waals surface area contributed by atoms with E-state index in [4.69, 9.17) is 0 Å². The van der Waals surface area contributed by atoms with Crippen molar-refractivity contribution in [3.63, 3.8) is 0 Å². The van der Waals surface area contributed by atoms with E-state index in [1.165, 1.54) is 27.8 Å². The molecular weight excluding hydrogens is 679 g/mol. The predicted molar refractivity (Wildman–Crippen MR) is 188 cm³/mol. The Kier molecular flexibility index (Phi) is 11.5. The topological polar surface area (TPSA) is 0 Å². The van der Waals surface area contributed by atoms with Crippen LogP contribution in [-0.2, 0) is 46.4 Å². The first-order chi connectivity index (χ1) is 21.0. The standard InChI is InChI=1S/C30H37.C13H10.2ClH.Zr/c1-9-22-23(10-2)28(30(6,7)8)26(19-13-11-12-14-19)25-18-20-17-21(29(3,4)5)15-16-24(20)27(22)25;1-3-7-12(8-4-1)11-13-9-5-2-6-10-13;;;/h11-13,15-18H,9-10,14H2,1-8H3;1-10H;2*1H;/q;;;;+2/p-2. The summed E-state index contributed by atoms with van der Waals surface area (Å²) in [6.45, 7) is 19.2. The fourth-order valence-corrected chi connectivity index (χ4v) is 11.9. The second kappa shape index (κ2) is 14.4. The van der Waals surface area contributed by atoms with Crippen LogP contribution in [0.3, 0.4) is 0 Å². The Labute approximate surface area is 301 Å². The molecule has 0 bridgehead atoms. The van der Waals surface area contributed by atoms with Crippen molar-refractivity contribution < 1.29 is 47.6 Å². The molecule has 0 radical (unpaired) electrons. The summed E-state index contributed by atoms with van der Waals surface area (Å²) in [6, 6.07) is 30.1.